The third kappa shape index (κ3) is 1.61. The fourth-order valence-corrected chi connectivity index (χ4v) is 1.07. The maximum Gasteiger partial charge on any atom is 0.328 e. The van der Waals surface area contributed by atoms with Crippen LogP contribution in [-0.2, 0) is 6.54 Å². The maximum absolute atomic E-state index is 11.5. The van der Waals surface area contributed by atoms with Crippen molar-refractivity contribution >= 4 is 0 Å². The van der Waals surface area contributed by atoms with Crippen molar-refractivity contribution in [3.05, 3.63) is 44.8 Å². The van der Waals surface area contributed by atoms with Gasteiger partial charge in [0.25, 0.3) is 5.56 Å². The Morgan fingerprint density at radius 2 is 2.08 bits per heavy atom. The molecule has 0 atom stereocenters. The molecular weight excluding hydrogens is 168 g/mol. The van der Waals surface area contributed by atoms with Crippen molar-refractivity contribution in [1.29, 1.82) is 0 Å². The number of hydrogen-bond acceptors (Lipinski definition) is 2. The van der Waals surface area contributed by atoms with E-state index in [0.29, 0.717) is 11.3 Å². The molecule has 1 aromatic rings. The molecule has 1 N–H and O–H groups in total. The van der Waals surface area contributed by atoms with Crippen LogP contribution in [0.4, 0.5) is 0 Å². The van der Waals surface area contributed by atoms with E-state index in [1.807, 2.05) is 0 Å². The SMILES string of the molecule is C=CCn1c(=O)[nH]c(C)c(C)c1=O. The Bertz CT molecular complexity index is 440. The molecule has 0 aliphatic heterocycles. The van der Waals surface area contributed by atoms with E-state index in [2.05, 4.69) is 11.6 Å². The normalized spacial score (nSPS) is 10.0. The van der Waals surface area contributed by atoms with Gasteiger partial charge in [-0.1, -0.05) is 6.08 Å². The molecule has 4 nitrogen and oxygen atoms in total. The van der Waals surface area contributed by atoms with Gasteiger partial charge in [0.15, 0.2) is 0 Å². The predicted octanol–water partition coefficient (Wildman–Crippen LogP) is 0.339. The lowest BCUT2D eigenvalue weighted by Crippen LogP contribution is -2.36. The fraction of sp³-hybridized carbons (Fsp3) is 0.333. The summed E-state index contributed by atoms with van der Waals surface area (Å²) in [6.07, 6.45) is 1.52. The number of aromatic nitrogens is 2. The quantitative estimate of drug-likeness (QED) is 0.667. The van der Waals surface area contributed by atoms with Crippen LogP contribution in [0.25, 0.3) is 0 Å². The summed E-state index contributed by atoms with van der Waals surface area (Å²) in [5, 5.41) is 0. The highest BCUT2D eigenvalue weighted by atomic mass is 16.2. The van der Waals surface area contributed by atoms with E-state index >= 15 is 0 Å². The number of aromatic amines is 1. The van der Waals surface area contributed by atoms with Crippen molar-refractivity contribution in [3.8, 4) is 0 Å². The first-order valence-corrected chi connectivity index (χ1v) is 3.99. The largest absolute Gasteiger partial charge is 0.328 e. The van der Waals surface area contributed by atoms with Gasteiger partial charge in [0, 0.05) is 17.8 Å². The zero-order valence-corrected chi connectivity index (χ0v) is 7.76. The minimum atomic E-state index is -0.381. The lowest BCUT2D eigenvalue weighted by atomic mass is 10.3. The summed E-state index contributed by atoms with van der Waals surface area (Å²) in [7, 11) is 0. The lowest BCUT2D eigenvalue weighted by Gasteiger charge is -2.03. The van der Waals surface area contributed by atoms with Crippen LogP contribution in [0.5, 0.6) is 0 Å². The average Bonchev–Trinajstić information content (AvgIpc) is 2.09. The molecule has 4 heteroatoms. The first-order valence-electron chi connectivity index (χ1n) is 3.99. The van der Waals surface area contributed by atoms with Gasteiger partial charge in [-0.15, -0.1) is 6.58 Å². The number of hydrogen-bond donors (Lipinski definition) is 1. The van der Waals surface area contributed by atoms with Crippen molar-refractivity contribution < 1.29 is 0 Å². The molecule has 0 aliphatic carbocycles. The van der Waals surface area contributed by atoms with Gasteiger partial charge in [0.2, 0.25) is 0 Å². The monoisotopic (exact) mass is 180 g/mol. The van der Waals surface area contributed by atoms with E-state index < -0.39 is 0 Å². The molecule has 0 amide bonds. The molecule has 0 radical (unpaired) electrons. The van der Waals surface area contributed by atoms with Gasteiger partial charge < -0.3 is 4.98 Å². The third-order valence-corrected chi connectivity index (χ3v) is 1.98. The van der Waals surface area contributed by atoms with Gasteiger partial charge >= 0.3 is 5.69 Å². The standard InChI is InChI=1S/C9H12N2O2/c1-4-5-11-8(12)6(2)7(3)10-9(11)13/h4H,1,5H2,2-3H3,(H,10,13). The Morgan fingerprint density at radius 3 is 2.62 bits per heavy atom. The lowest BCUT2D eigenvalue weighted by molar-refractivity contribution is 0.698. The molecule has 70 valence electrons. The maximum atomic E-state index is 11.5. The molecule has 1 rings (SSSR count). The topological polar surface area (TPSA) is 54.9 Å². The van der Waals surface area contributed by atoms with Crippen LogP contribution in [0.15, 0.2) is 22.2 Å². The Hall–Kier alpha value is -1.58. The molecule has 0 saturated carbocycles. The van der Waals surface area contributed by atoms with Crippen molar-refractivity contribution in [2.75, 3.05) is 0 Å². The van der Waals surface area contributed by atoms with E-state index in [1.54, 1.807) is 13.8 Å². The molecule has 0 saturated heterocycles. The average molecular weight is 180 g/mol. The van der Waals surface area contributed by atoms with Gasteiger partial charge in [0.05, 0.1) is 0 Å². The molecule has 0 bridgehead atoms. The van der Waals surface area contributed by atoms with Crippen LogP contribution in [0, 0.1) is 13.8 Å². The number of allylic oxidation sites excluding steroid dienone is 1. The van der Waals surface area contributed by atoms with Crippen LogP contribution >= 0.6 is 0 Å². The van der Waals surface area contributed by atoms with Crippen molar-refractivity contribution in [1.82, 2.24) is 9.55 Å². The molecule has 0 unspecified atom stereocenters. The Kier molecular flexibility index (Phi) is 2.51. The second kappa shape index (κ2) is 3.43. The third-order valence-electron chi connectivity index (χ3n) is 1.98. The van der Waals surface area contributed by atoms with Crippen LogP contribution in [-0.4, -0.2) is 9.55 Å². The van der Waals surface area contributed by atoms with Crippen LogP contribution in [0.3, 0.4) is 0 Å². The zero-order valence-electron chi connectivity index (χ0n) is 7.76. The molecule has 0 spiro atoms. The summed E-state index contributed by atoms with van der Waals surface area (Å²) in [6, 6.07) is 0. The van der Waals surface area contributed by atoms with E-state index in [-0.39, 0.29) is 17.8 Å². The van der Waals surface area contributed by atoms with Gasteiger partial charge in [-0.2, -0.15) is 0 Å². The minimum absolute atomic E-state index is 0.245. The molecular formula is C9H12N2O2. The van der Waals surface area contributed by atoms with E-state index in [1.165, 1.54) is 6.08 Å². The van der Waals surface area contributed by atoms with Gasteiger partial charge in [-0.3, -0.25) is 9.36 Å². The molecule has 0 aromatic carbocycles. The first kappa shape index (κ1) is 9.51. The summed E-state index contributed by atoms with van der Waals surface area (Å²) >= 11 is 0. The Balaban J connectivity index is 3.53. The van der Waals surface area contributed by atoms with E-state index in [4.69, 9.17) is 0 Å². The zero-order chi connectivity index (χ0) is 10.0. The highest BCUT2D eigenvalue weighted by molar-refractivity contribution is 5.12. The number of nitrogens with one attached hydrogen (secondary N) is 1. The summed E-state index contributed by atoms with van der Waals surface area (Å²) in [5.74, 6) is 0. The molecule has 1 aromatic heterocycles. The molecule has 13 heavy (non-hydrogen) atoms. The van der Waals surface area contributed by atoms with Crippen molar-refractivity contribution in [2.45, 2.75) is 20.4 Å². The van der Waals surface area contributed by atoms with Gasteiger partial charge in [-0.05, 0) is 13.8 Å². The summed E-state index contributed by atoms with van der Waals surface area (Å²) in [5.41, 5.74) is 0.561. The predicted molar refractivity (Wildman–Crippen MR) is 51.0 cm³/mol. The molecule has 0 aliphatic rings. The Labute approximate surface area is 75.5 Å². The summed E-state index contributed by atoms with van der Waals surface area (Å²) < 4.78 is 1.12. The number of nitrogens with zero attached hydrogens (tertiary/aromatic N) is 1. The first-order chi connectivity index (χ1) is 6.07. The summed E-state index contributed by atoms with van der Waals surface area (Å²) in [6.45, 7) is 7.12. The second-order valence-corrected chi connectivity index (χ2v) is 2.88. The molecule has 1 heterocycles. The number of H-pyrrole nitrogens is 1. The Morgan fingerprint density at radius 1 is 1.46 bits per heavy atom. The van der Waals surface area contributed by atoms with E-state index in [0.717, 1.165) is 4.57 Å². The van der Waals surface area contributed by atoms with Crippen LogP contribution in [0.1, 0.15) is 11.3 Å². The highest BCUT2D eigenvalue weighted by Crippen LogP contribution is 1.91. The number of aryl methyl sites for hydroxylation is 1. The fourth-order valence-electron chi connectivity index (χ4n) is 1.07. The van der Waals surface area contributed by atoms with Crippen LogP contribution < -0.4 is 11.2 Å². The van der Waals surface area contributed by atoms with Crippen molar-refractivity contribution in [2.24, 2.45) is 0 Å². The number of rotatable bonds is 2. The van der Waals surface area contributed by atoms with Gasteiger partial charge in [-0.25, -0.2) is 4.79 Å². The summed E-state index contributed by atoms with van der Waals surface area (Å²) in [4.78, 5) is 25.4. The smallest absolute Gasteiger partial charge is 0.311 e. The molecule has 0 fully saturated rings. The highest BCUT2D eigenvalue weighted by Gasteiger charge is 2.04. The van der Waals surface area contributed by atoms with E-state index in [9.17, 15) is 9.59 Å². The second-order valence-electron chi connectivity index (χ2n) is 2.88. The van der Waals surface area contributed by atoms with Crippen LogP contribution in [0.2, 0.25) is 0 Å². The van der Waals surface area contributed by atoms with Gasteiger partial charge in [0.1, 0.15) is 0 Å². The van der Waals surface area contributed by atoms with Crippen molar-refractivity contribution in [3.63, 3.8) is 0 Å². The minimum Gasteiger partial charge on any atom is -0.311 e.